The third-order valence-electron chi connectivity index (χ3n) is 10.2. The van der Waals surface area contributed by atoms with Gasteiger partial charge < -0.3 is 14.7 Å². The molecule has 1 atom stereocenters. The van der Waals surface area contributed by atoms with Crippen molar-refractivity contribution in [1.82, 2.24) is 4.90 Å². The maximum absolute atomic E-state index is 13.9. The van der Waals surface area contributed by atoms with Gasteiger partial charge in [0.05, 0.1) is 11.8 Å². The summed E-state index contributed by atoms with van der Waals surface area (Å²) in [6.07, 6.45) is 9.40. The van der Waals surface area contributed by atoms with Crippen molar-refractivity contribution >= 4 is 27.3 Å². The number of aliphatic hydroxyl groups excluding tert-OH is 1. The first-order chi connectivity index (χ1) is 18.3. The quantitative estimate of drug-likeness (QED) is 0.494. The lowest BCUT2D eigenvalue weighted by Crippen LogP contribution is -2.55. The van der Waals surface area contributed by atoms with E-state index in [1.807, 2.05) is 24.3 Å². The summed E-state index contributed by atoms with van der Waals surface area (Å²) in [5.74, 6) is 3.58. The molecular weight excluding hydrogens is 520 g/mol. The standard InChI is InChI=1S/C30H37ClN2O4S/c31-24-5-6-27-28(14-24)38(35,36)33(25-3-1-2-4-26(25)37-27)18-20-7-9-32(10-8-20)19-29(34)30-15-21-11-22(16-30)13-23(12-21)17-30/h1-6,14,20-23,29,34H,7-13,15-19H2/t21?,22?,23?,29-,30?/m0/s1. The van der Waals surface area contributed by atoms with Gasteiger partial charge in [-0.25, -0.2) is 8.42 Å². The van der Waals surface area contributed by atoms with E-state index in [0.29, 0.717) is 28.8 Å². The van der Waals surface area contributed by atoms with E-state index in [0.717, 1.165) is 50.2 Å². The van der Waals surface area contributed by atoms with Crippen molar-refractivity contribution in [3.8, 4) is 11.5 Å². The zero-order chi connectivity index (χ0) is 26.1. The fraction of sp³-hybridized carbons (Fsp3) is 0.600. The Kier molecular flexibility index (Phi) is 6.23. The number of hydrogen-bond donors (Lipinski definition) is 1. The Morgan fingerprint density at radius 3 is 2.32 bits per heavy atom. The number of nitrogens with zero attached hydrogens (tertiary/aromatic N) is 2. The van der Waals surface area contributed by atoms with Crippen LogP contribution in [0, 0.1) is 29.1 Å². The van der Waals surface area contributed by atoms with Gasteiger partial charge in [-0.3, -0.25) is 4.31 Å². The van der Waals surface area contributed by atoms with Gasteiger partial charge in [0.1, 0.15) is 10.6 Å². The molecule has 8 heteroatoms. The molecule has 0 radical (unpaired) electrons. The number of β-amino-alcohol motifs (C(OH)–C–C–N with tert-alkyl or cyclic N) is 1. The average molecular weight is 557 g/mol. The van der Waals surface area contributed by atoms with E-state index in [1.165, 1.54) is 48.9 Å². The number of ether oxygens (including phenoxy) is 1. The first kappa shape index (κ1) is 25.2. The normalized spacial score (nSPS) is 32.8. The van der Waals surface area contributed by atoms with Crippen LogP contribution in [-0.2, 0) is 10.0 Å². The summed E-state index contributed by atoms with van der Waals surface area (Å²) in [5, 5.41) is 11.8. The molecule has 38 heavy (non-hydrogen) atoms. The van der Waals surface area contributed by atoms with Crippen LogP contribution in [0.2, 0.25) is 5.02 Å². The van der Waals surface area contributed by atoms with E-state index in [1.54, 1.807) is 12.1 Å². The molecule has 4 saturated carbocycles. The summed E-state index contributed by atoms with van der Waals surface area (Å²) in [6, 6.07) is 12.1. The second-order valence-corrected chi connectivity index (χ2v) is 15.0. The van der Waals surface area contributed by atoms with E-state index in [2.05, 4.69) is 4.90 Å². The molecule has 204 valence electrons. The van der Waals surface area contributed by atoms with Crippen LogP contribution in [0.4, 0.5) is 5.69 Å². The molecule has 0 amide bonds. The van der Waals surface area contributed by atoms with Gasteiger partial charge in [0.2, 0.25) is 0 Å². The summed E-state index contributed by atoms with van der Waals surface area (Å²) in [4.78, 5) is 2.53. The van der Waals surface area contributed by atoms with Crippen LogP contribution in [0.15, 0.2) is 47.4 Å². The van der Waals surface area contributed by atoms with Crippen LogP contribution in [-0.4, -0.2) is 50.7 Å². The topological polar surface area (TPSA) is 70.1 Å². The van der Waals surface area contributed by atoms with Gasteiger partial charge in [-0.2, -0.15) is 0 Å². The Morgan fingerprint density at radius 1 is 0.974 bits per heavy atom. The van der Waals surface area contributed by atoms with Crippen LogP contribution < -0.4 is 9.04 Å². The third-order valence-corrected chi connectivity index (χ3v) is 12.2. The van der Waals surface area contributed by atoms with Gasteiger partial charge in [0.15, 0.2) is 5.75 Å². The molecule has 4 aliphatic carbocycles. The Labute approximate surface area is 231 Å². The lowest BCUT2D eigenvalue weighted by atomic mass is 9.48. The molecule has 2 heterocycles. The molecular formula is C30H37ClN2O4S. The Hall–Kier alpha value is -1.80. The van der Waals surface area contributed by atoms with E-state index in [-0.39, 0.29) is 22.3 Å². The highest BCUT2D eigenvalue weighted by atomic mass is 35.5. The molecule has 1 saturated heterocycles. The summed E-state index contributed by atoms with van der Waals surface area (Å²) in [5.41, 5.74) is 0.712. The average Bonchev–Trinajstić information content (AvgIpc) is 2.97. The van der Waals surface area contributed by atoms with Crippen molar-refractivity contribution < 1.29 is 18.3 Å². The number of benzene rings is 2. The number of sulfonamides is 1. The molecule has 4 bridgehead atoms. The van der Waals surface area contributed by atoms with Crippen molar-refractivity contribution in [1.29, 1.82) is 0 Å². The van der Waals surface area contributed by atoms with Gasteiger partial charge in [-0.1, -0.05) is 23.7 Å². The predicted octanol–water partition coefficient (Wildman–Crippen LogP) is 5.93. The number of aliphatic hydroxyl groups is 1. The smallest absolute Gasteiger partial charge is 0.268 e. The van der Waals surface area contributed by atoms with Crippen molar-refractivity contribution in [2.45, 2.75) is 62.4 Å². The Balaban J connectivity index is 1.05. The molecule has 1 N–H and O–H groups in total. The maximum Gasteiger partial charge on any atom is 0.268 e. The maximum atomic E-state index is 13.9. The van der Waals surface area contributed by atoms with E-state index in [4.69, 9.17) is 16.3 Å². The van der Waals surface area contributed by atoms with E-state index >= 15 is 0 Å². The Bertz CT molecular complexity index is 1290. The second-order valence-electron chi connectivity index (χ2n) is 12.7. The SMILES string of the molecule is O=S1(=O)c2cc(Cl)ccc2Oc2ccccc2N1CC1CCN(C[C@H](O)C23CC4CC(CC(C4)C2)C3)CC1. The molecule has 8 rings (SSSR count). The second kappa shape index (κ2) is 9.39. The number of para-hydroxylation sites is 2. The lowest BCUT2D eigenvalue weighted by Gasteiger charge is -2.59. The molecule has 6 aliphatic rings. The molecule has 5 fully saturated rings. The number of rotatable bonds is 5. The fourth-order valence-electron chi connectivity index (χ4n) is 8.69. The summed E-state index contributed by atoms with van der Waals surface area (Å²) in [7, 11) is -3.84. The fourth-order valence-corrected chi connectivity index (χ4v) is 10.6. The third kappa shape index (κ3) is 4.34. The van der Waals surface area contributed by atoms with E-state index < -0.39 is 10.0 Å². The molecule has 0 unspecified atom stereocenters. The molecule has 2 aliphatic heterocycles. The molecule has 6 nitrogen and oxygen atoms in total. The first-order valence-electron chi connectivity index (χ1n) is 14.3. The van der Waals surface area contributed by atoms with Crippen LogP contribution >= 0.6 is 11.6 Å². The monoisotopic (exact) mass is 556 g/mol. The van der Waals surface area contributed by atoms with Crippen LogP contribution in [0.1, 0.15) is 51.4 Å². The first-order valence-corrected chi connectivity index (χ1v) is 16.1. The van der Waals surface area contributed by atoms with Gasteiger partial charge in [0.25, 0.3) is 10.0 Å². The predicted molar refractivity (Wildman–Crippen MR) is 148 cm³/mol. The van der Waals surface area contributed by atoms with Gasteiger partial charge in [-0.05, 0) is 124 Å². The minimum atomic E-state index is -3.84. The number of halogens is 1. The Morgan fingerprint density at radius 2 is 1.63 bits per heavy atom. The summed E-state index contributed by atoms with van der Waals surface area (Å²) >= 11 is 6.20. The van der Waals surface area contributed by atoms with Crippen molar-refractivity contribution in [2.24, 2.45) is 29.1 Å². The summed E-state index contributed by atoms with van der Waals surface area (Å²) < 4.78 is 35.3. The lowest BCUT2D eigenvalue weighted by molar-refractivity contribution is -0.127. The number of anilines is 1. The minimum absolute atomic E-state index is 0.109. The zero-order valence-corrected chi connectivity index (χ0v) is 23.3. The highest BCUT2D eigenvalue weighted by Gasteiger charge is 2.54. The highest BCUT2D eigenvalue weighted by Crippen LogP contribution is 2.61. The van der Waals surface area contributed by atoms with Crippen LogP contribution in [0.25, 0.3) is 0 Å². The van der Waals surface area contributed by atoms with Crippen molar-refractivity contribution in [3.05, 3.63) is 47.5 Å². The number of piperidine rings is 1. The largest absolute Gasteiger partial charge is 0.454 e. The van der Waals surface area contributed by atoms with Crippen molar-refractivity contribution in [3.63, 3.8) is 0 Å². The van der Waals surface area contributed by atoms with Crippen LogP contribution in [0.3, 0.4) is 0 Å². The molecule has 0 aromatic heterocycles. The number of likely N-dealkylation sites (tertiary alicyclic amines) is 1. The minimum Gasteiger partial charge on any atom is -0.454 e. The van der Waals surface area contributed by atoms with Gasteiger partial charge in [-0.15, -0.1) is 0 Å². The van der Waals surface area contributed by atoms with Gasteiger partial charge in [0, 0.05) is 18.1 Å². The molecule has 2 aromatic rings. The highest BCUT2D eigenvalue weighted by molar-refractivity contribution is 7.93. The van der Waals surface area contributed by atoms with Crippen LogP contribution in [0.5, 0.6) is 11.5 Å². The molecule has 2 aromatic carbocycles. The van der Waals surface area contributed by atoms with Crippen molar-refractivity contribution in [2.75, 3.05) is 30.5 Å². The molecule has 0 spiro atoms. The van der Waals surface area contributed by atoms with E-state index in [9.17, 15) is 13.5 Å². The van der Waals surface area contributed by atoms with Gasteiger partial charge >= 0.3 is 0 Å². The summed E-state index contributed by atoms with van der Waals surface area (Å²) in [6.45, 7) is 2.94. The number of hydrogen-bond acceptors (Lipinski definition) is 5. The number of fused-ring (bicyclic) bond motifs is 2. The zero-order valence-electron chi connectivity index (χ0n) is 21.8.